The number of aliphatic hydroxyl groups is 1. The second-order valence-corrected chi connectivity index (χ2v) is 2.74. The van der Waals surface area contributed by atoms with Crippen molar-refractivity contribution >= 4 is 15.9 Å². The largest absolute Gasteiger partial charge is 0.359 e. The van der Waals surface area contributed by atoms with Crippen LogP contribution >= 0.6 is 15.9 Å². The van der Waals surface area contributed by atoms with E-state index in [-0.39, 0.29) is 0 Å². The van der Waals surface area contributed by atoms with E-state index in [0.29, 0.717) is 0 Å². The number of halogens is 1. The zero-order valence-corrected chi connectivity index (χ0v) is 5.72. The van der Waals surface area contributed by atoms with Gasteiger partial charge in [0.05, 0.1) is 0 Å². The van der Waals surface area contributed by atoms with Gasteiger partial charge in [-0.2, -0.15) is 0 Å². The van der Waals surface area contributed by atoms with Crippen molar-refractivity contribution in [1.82, 2.24) is 5.32 Å². The van der Waals surface area contributed by atoms with E-state index in [1.807, 2.05) is 0 Å². The lowest BCUT2D eigenvalue weighted by Crippen LogP contribution is -2.33. The molecule has 1 atom stereocenters. The first-order valence-corrected chi connectivity index (χ1v) is 3.03. The van der Waals surface area contributed by atoms with E-state index in [1.165, 1.54) is 0 Å². The number of rotatable bonds is 0. The summed E-state index contributed by atoms with van der Waals surface area (Å²) in [5, 5.41) is 11.7. The summed E-state index contributed by atoms with van der Waals surface area (Å²) in [6, 6.07) is 0. The fraction of sp³-hybridized carbons (Fsp3) is 0.200. The van der Waals surface area contributed by atoms with Gasteiger partial charge in [0.2, 0.25) is 4.63 Å². The predicted octanol–water partition coefficient (Wildman–Crippen LogP) is 0.701. The van der Waals surface area contributed by atoms with Gasteiger partial charge < -0.3 is 10.4 Å². The first-order valence-electron chi connectivity index (χ1n) is 2.24. The SMILES string of the molecule is O[C@]1(Br)C=CC=CN1. The summed E-state index contributed by atoms with van der Waals surface area (Å²) in [6.07, 6.45) is 6.82. The van der Waals surface area contributed by atoms with Gasteiger partial charge in [0.15, 0.2) is 0 Å². The molecule has 2 N–H and O–H groups in total. The van der Waals surface area contributed by atoms with E-state index in [9.17, 15) is 0 Å². The molecule has 0 saturated carbocycles. The van der Waals surface area contributed by atoms with E-state index in [1.54, 1.807) is 24.4 Å². The maximum atomic E-state index is 9.04. The molecule has 0 bridgehead atoms. The maximum absolute atomic E-state index is 9.04. The summed E-state index contributed by atoms with van der Waals surface area (Å²) in [5.41, 5.74) is 0. The quantitative estimate of drug-likeness (QED) is 0.420. The molecule has 3 heteroatoms. The van der Waals surface area contributed by atoms with Crippen LogP contribution in [0.15, 0.2) is 24.4 Å². The van der Waals surface area contributed by atoms with Crippen LogP contribution in [0.4, 0.5) is 0 Å². The molecule has 0 radical (unpaired) electrons. The van der Waals surface area contributed by atoms with Crippen molar-refractivity contribution < 1.29 is 5.11 Å². The molecule has 0 aromatic rings. The van der Waals surface area contributed by atoms with Gasteiger partial charge in [-0.05, 0) is 34.3 Å². The number of hydrogen-bond donors (Lipinski definition) is 2. The molecule has 1 aliphatic rings. The molecular formula is C5H6BrNO. The number of nitrogens with one attached hydrogen (secondary N) is 1. The third-order valence-corrected chi connectivity index (χ3v) is 1.30. The van der Waals surface area contributed by atoms with Gasteiger partial charge >= 0.3 is 0 Å². The first kappa shape index (κ1) is 5.85. The highest BCUT2D eigenvalue weighted by Crippen LogP contribution is 2.13. The van der Waals surface area contributed by atoms with Crippen LogP contribution in [-0.2, 0) is 0 Å². The summed E-state index contributed by atoms with van der Waals surface area (Å²) in [7, 11) is 0. The monoisotopic (exact) mass is 175 g/mol. The fourth-order valence-electron chi connectivity index (χ4n) is 0.452. The van der Waals surface area contributed by atoms with E-state index in [0.717, 1.165) is 0 Å². The molecule has 0 aromatic heterocycles. The van der Waals surface area contributed by atoms with Crippen molar-refractivity contribution in [3.63, 3.8) is 0 Å². The average Bonchev–Trinajstić information content (AvgIpc) is 1.65. The lowest BCUT2D eigenvalue weighted by Gasteiger charge is -2.18. The molecule has 0 fully saturated rings. The second kappa shape index (κ2) is 1.91. The van der Waals surface area contributed by atoms with Crippen molar-refractivity contribution in [2.45, 2.75) is 4.63 Å². The molecule has 0 saturated heterocycles. The minimum Gasteiger partial charge on any atom is -0.359 e. The lowest BCUT2D eigenvalue weighted by molar-refractivity contribution is 0.172. The van der Waals surface area contributed by atoms with Crippen molar-refractivity contribution in [3.05, 3.63) is 24.4 Å². The zero-order chi connectivity index (χ0) is 6.04. The highest BCUT2D eigenvalue weighted by Gasteiger charge is 2.15. The molecular weight excluding hydrogens is 170 g/mol. The number of hydrogen-bond acceptors (Lipinski definition) is 2. The van der Waals surface area contributed by atoms with Crippen LogP contribution in [0.2, 0.25) is 0 Å². The Morgan fingerprint density at radius 2 is 2.25 bits per heavy atom. The van der Waals surface area contributed by atoms with Crippen molar-refractivity contribution in [3.8, 4) is 0 Å². The summed E-state index contributed by atoms with van der Waals surface area (Å²) < 4.78 is -1.03. The Morgan fingerprint density at radius 3 is 2.50 bits per heavy atom. The highest BCUT2D eigenvalue weighted by molar-refractivity contribution is 9.10. The Hall–Kier alpha value is -0.280. The Balaban J connectivity index is 2.65. The minimum absolute atomic E-state index is 1.03. The van der Waals surface area contributed by atoms with Crippen molar-refractivity contribution in [2.24, 2.45) is 0 Å². The standard InChI is InChI=1S/C5H6BrNO/c6-5(8)3-1-2-4-7-5/h1-4,7-8H/t5-/m0/s1. The van der Waals surface area contributed by atoms with E-state index in [2.05, 4.69) is 21.2 Å². The molecule has 0 aliphatic carbocycles. The average molecular weight is 176 g/mol. The van der Waals surface area contributed by atoms with Crippen molar-refractivity contribution in [1.29, 1.82) is 0 Å². The van der Waals surface area contributed by atoms with Gasteiger partial charge in [0.25, 0.3) is 0 Å². The molecule has 0 aromatic carbocycles. The smallest absolute Gasteiger partial charge is 0.213 e. The van der Waals surface area contributed by atoms with Crippen LogP contribution < -0.4 is 5.32 Å². The molecule has 8 heavy (non-hydrogen) atoms. The molecule has 2 nitrogen and oxygen atoms in total. The Bertz CT molecular complexity index is 139. The van der Waals surface area contributed by atoms with Crippen molar-refractivity contribution in [2.75, 3.05) is 0 Å². The highest BCUT2D eigenvalue weighted by atomic mass is 79.9. The van der Waals surface area contributed by atoms with Gasteiger partial charge in [0, 0.05) is 0 Å². The van der Waals surface area contributed by atoms with Gasteiger partial charge in [-0.15, -0.1) is 0 Å². The summed E-state index contributed by atoms with van der Waals surface area (Å²) in [5.74, 6) is 0. The summed E-state index contributed by atoms with van der Waals surface area (Å²) in [4.78, 5) is 0. The lowest BCUT2D eigenvalue weighted by atomic mass is 10.4. The molecule has 44 valence electrons. The predicted molar refractivity (Wildman–Crippen MR) is 35.3 cm³/mol. The van der Waals surface area contributed by atoms with Crippen LogP contribution in [0.5, 0.6) is 0 Å². The first-order chi connectivity index (χ1) is 3.71. The number of alkyl halides is 1. The summed E-state index contributed by atoms with van der Waals surface area (Å²) in [6.45, 7) is 0. The molecule has 0 unspecified atom stereocenters. The van der Waals surface area contributed by atoms with Gasteiger partial charge in [-0.25, -0.2) is 0 Å². The van der Waals surface area contributed by atoms with Crippen LogP contribution in [-0.4, -0.2) is 9.74 Å². The zero-order valence-electron chi connectivity index (χ0n) is 4.13. The Morgan fingerprint density at radius 1 is 1.50 bits per heavy atom. The van der Waals surface area contributed by atoms with Crippen LogP contribution in [0.3, 0.4) is 0 Å². The third-order valence-electron chi connectivity index (χ3n) is 0.810. The Labute approximate surface area is 56.0 Å². The number of allylic oxidation sites excluding steroid dienone is 2. The van der Waals surface area contributed by atoms with Crippen LogP contribution in [0, 0.1) is 0 Å². The van der Waals surface area contributed by atoms with Crippen LogP contribution in [0.1, 0.15) is 0 Å². The summed E-state index contributed by atoms with van der Waals surface area (Å²) >= 11 is 3.00. The molecule has 1 rings (SSSR count). The maximum Gasteiger partial charge on any atom is 0.213 e. The molecule has 0 amide bonds. The van der Waals surface area contributed by atoms with E-state index >= 15 is 0 Å². The van der Waals surface area contributed by atoms with E-state index in [4.69, 9.17) is 5.11 Å². The second-order valence-electron chi connectivity index (χ2n) is 1.54. The topological polar surface area (TPSA) is 32.3 Å². The van der Waals surface area contributed by atoms with E-state index < -0.39 is 4.63 Å². The molecule has 1 aliphatic heterocycles. The normalized spacial score (nSPS) is 34.8. The van der Waals surface area contributed by atoms with Gasteiger partial charge in [-0.1, -0.05) is 6.08 Å². The molecule has 1 heterocycles. The minimum atomic E-state index is -1.03. The molecule has 0 spiro atoms. The fourth-order valence-corrected chi connectivity index (χ4v) is 0.737. The van der Waals surface area contributed by atoms with Gasteiger partial charge in [-0.3, -0.25) is 0 Å². The van der Waals surface area contributed by atoms with Gasteiger partial charge in [0.1, 0.15) is 0 Å². The number of dihydropyridines is 1. The Kier molecular flexibility index (Phi) is 1.40. The third kappa shape index (κ3) is 1.35. The van der Waals surface area contributed by atoms with Crippen LogP contribution in [0.25, 0.3) is 0 Å².